The van der Waals surface area contributed by atoms with Crippen LogP contribution in [0.5, 0.6) is 0 Å². The molecular weight excluding hydrogens is 164 g/mol. The molecule has 11 heavy (non-hydrogen) atoms. The van der Waals surface area contributed by atoms with Crippen molar-refractivity contribution in [3.8, 4) is 0 Å². The summed E-state index contributed by atoms with van der Waals surface area (Å²) in [6.45, 7) is 1.91. The Morgan fingerprint density at radius 3 is 2.91 bits per heavy atom. The first kappa shape index (κ1) is 8.27. The molecule has 0 aliphatic heterocycles. The first-order valence-electron chi connectivity index (χ1n) is 3.41. The molecule has 60 valence electrons. The molecule has 0 radical (unpaired) electrons. The van der Waals surface area contributed by atoms with Crippen LogP contribution in [0.25, 0.3) is 0 Å². The predicted octanol–water partition coefficient (Wildman–Crippen LogP) is 1.07. The number of halogens is 1. The fourth-order valence-electron chi connectivity index (χ4n) is 0.778. The van der Waals surface area contributed by atoms with Crippen LogP contribution in [0.3, 0.4) is 0 Å². The van der Waals surface area contributed by atoms with Gasteiger partial charge in [0.2, 0.25) is 0 Å². The number of rotatable bonds is 2. The molecule has 0 aromatic carbocycles. The van der Waals surface area contributed by atoms with E-state index in [9.17, 15) is 4.79 Å². The summed E-state index contributed by atoms with van der Waals surface area (Å²) in [5.41, 5.74) is 0.608. The first-order valence-corrected chi connectivity index (χ1v) is 3.94. The number of nitrogens with zero attached hydrogens (tertiary/aromatic N) is 1. The highest BCUT2D eigenvalue weighted by atomic mass is 35.5. The standard InChI is InChI=1S/C7H9ClN2O/c1-2-5-4-9-6(3-8)10-7(5)11/h4H,2-3H2,1H3,(H,9,10,11). The van der Waals surface area contributed by atoms with Crippen LogP contribution in [-0.4, -0.2) is 9.97 Å². The fraction of sp³-hybridized carbons (Fsp3) is 0.429. The van der Waals surface area contributed by atoms with Crippen LogP contribution in [0.4, 0.5) is 0 Å². The Morgan fingerprint density at radius 2 is 2.45 bits per heavy atom. The van der Waals surface area contributed by atoms with E-state index in [0.717, 1.165) is 0 Å². The van der Waals surface area contributed by atoms with Gasteiger partial charge in [-0.3, -0.25) is 4.79 Å². The van der Waals surface area contributed by atoms with E-state index < -0.39 is 0 Å². The molecule has 4 heteroatoms. The number of hydrogen-bond acceptors (Lipinski definition) is 2. The number of aromatic amines is 1. The van der Waals surface area contributed by atoms with Gasteiger partial charge in [0.05, 0.1) is 5.88 Å². The zero-order valence-corrected chi connectivity index (χ0v) is 6.98. The molecule has 1 aromatic heterocycles. The second-order valence-corrected chi connectivity index (χ2v) is 2.44. The van der Waals surface area contributed by atoms with E-state index in [2.05, 4.69) is 9.97 Å². The Labute approximate surface area is 69.4 Å². The molecule has 1 rings (SSSR count). The molecule has 0 saturated heterocycles. The van der Waals surface area contributed by atoms with E-state index in [1.807, 2.05) is 6.92 Å². The van der Waals surface area contributed by atoms with Crippen molar-refractivity contribution in [2.24, 2.45) is 0 Å². The van der Waals surface area contributed by atoms with Crippen LogP contribution in [0.15, 0.2) is 11.0 Å². The third kappa shape index (κ3) is 1.80. The van der Waals surface area contributed by atoms with E-state index in [1.54, 1.807) is 6.20 Å². The van der Waals surface area contributed by atoms with Crippen LogP contribution >= 0.6 is 11.6 Å². The number of H-pyrrole nitrogens is 1. The fourth-order valence-corrected chi connectivity index (χ4v) is 0.914. The molecule has 0 aliphatic carbocycles. The lowest BCUT2D eigenvalue weighted by Crippen LogP contribution is -2.14. The van der Waals surface area contributed by atoms with Crippen molar-refractivity contribution in [2.75, 3.05) is 0 Å². The molecular formula is C7H9ClN2O. The van der Waals surface area contributed by atoms with Crippen LogP contribution in [0, 0.1) is 0 Å². The van der Waals surface area contributed by atoms with Gasteiger partial charge >= 0.3 is 0 Å². The van der Waals surface area contributed by atoms with Gasteiger partial charge in [-0.15, -0.1) is 11.6 Å². The number of alkyl halides is 1. The van der Waals surface area contributed by atoms with Crippen LogP contribution in [0.1, 0.15) is 18.3 Å². The van der Waals surface area contributed by atoms with Crippen molar-refractivity contribution in [1.82, 2.24) is 9.97 Å². The quantitative estimate of drug-likeness (QED) is 0.679. The van der Waals surface area contributed by atoms with Gasteiger partial charge in [-0.25, -0.2) is 4.98 Å². The zero-order chi connectivity index (χ0) is 8.27. The molecule has 0 spiro atoms. The summed E-state index contributed by atoms with van der Waals surface area (Å²) in [6.07, 6.45) is 2.27. The number of hydrogen-bond donors (Lipinski definition) is 1. The molecule has 0 fully saturated rings. The van der Waals surface area contributed by atoms with Crippen LogP contribution in [-0.2, 0) is 12.3 Å². The van der Waals surface area contributed by atoms with Crippen molar-refractivity contribution in [3.63, 3.8) is 0 Å². The maximum Gasteiger partial charge on any atom is 0.254 e. The van der Waals surface area contributed by atoms with E-state index in [-0.39, 0.29) is 11.4 Å². The van der Waals surface area contributed by atoms with Crippen LogP contribution < -0.4 is 5.56 Å². The van der Waals surface area contributed by atoms with Crippen LogP contribution in [0.2, 0.25) is 0 Å². The van der Waals surface area contributed by atoms with Gasteiger partial charge in [-0.05, 0) is 6.42 Å². The predicted molar refractivity (Wildman–Crippen MR) is 43.8 cm³/mol. The molecule has 0 unspecified atom stereocenters. The van der Waals surface area contributed by atoms with Gasteiger partial charge in [0.15, 0.2) is 0 Å². The smallest absolute Gasteiger partial charge is 0.254 e. The number of aryl methyl sites for hydroxylation is 1. The highest BCUT2D eigenvalue weighted by Gasteiger charge is 1.97. The lowest BCUT2D eigenvalue weighted by atomic mass is 10.3. The van der Waals surface area contributed by atoms with Crippen molar-refractivity contribution in [3.05, 3.63) is 27.9 Å². The van der Waals surface area contributed by atoms with Gasteiger partial charge in [0, 0.05) is 11.8 Å². The van der Waals surface area contributed by atoms with Gasteiger partial charge in [0.25, 0.3) is 5.56 Å². The number of nitrogens with one attached hydrogen (secondary N) is 1. The van der Waals surface area contributed by atoms with Crippen molar-refractivity contribution < 1.29 is 0 Å². The topological polar surface area (TPSA) is 45.8 Å². The molecule has 1 heterocycles. The minimum atomic E-state index is -0.0850. The van der Waals surface area contributed by atoms with E-state index in [1.165, 1.54) is 0 Å². The van der Waals surface area contributed by atoms with E-state index >= 15 is 0 Å². The van der Waals surface area contributed by atoms with Gasteiger partial charge < -0.3 is 4.98 Å². The van der Waals surface area contributed by atoms with E-state index in [0.29, 0.717) is 17.8 Å². The van der Waals surface area contributed by atoms with E-state index in [4.69, 9.17) is 11.6 Å². The number of aromatic nitrogens is 2. The van der Waals surface area contributed by atoms with Crippen molar-refractivity contribution in [2.45, 2.75) is 19.2 Å². The summed E-state index contributed by atoms with van der Waals surface area (Å²) in [6, 6.07) is 0. The minimum absolute atomic E-state index is 0.0850. The maximum atomic E-state index is 11.1. The molecule has 3 nitrogen and oxygen atoms in total. The summed E-state index contributed by atoms with van der Waals surface area (Å²) in [4.78, 5) is 17.6. The lowest BCUT2D eigenvalue weighted by molar-refractivity contribution is 0.941. The molecule has 0 aliphatic rings. The normalized spacial score (nSPS) is 10.0. The Morgan fingerprint density at radius 1 is 1.73 bits per heavy atom. The van der Waals surface area contributed by atoms with Crippen molar-refractivity contribution in [1.29, 1.82) is 0 Å². The Bertz CT molecular complexity index is 295. The summed E-state index contributed by atoms with van der Waals surface area (Å²) < 4.78 is 0. The summed E-state index contributed by atoms with van der Waals surface area (Å²) in [5.74, 6) is 0.771. The third-order valence-corrected chi connectivity index (χ3v) is 1.69. The van der Waals surface area contributed by atoms with Gasteiger partial charge in [0.1, 0.15) is 5.82 Å². The largest absolute Gasteiger partial charge is 0.309 e. The SMILES string of the molecule is CCc1cnc(CCl)[nH]c1=O. The van der Waals surface area contributed by atoms with Gasteiger partial charge in [-0.1, -0.05) is 6.92 Å². The summed E-state index contributed by atoms with van der Waals surface area (Å²) >= 11 is 5.46. The monoisotopic (exact) mass is 172 g/mol. The van der Waals surface area contributed by atoms with Gasteiger partial charge in [-0.2, -0.15) is 0 Å². The average molecular weight is 173 g/mol. The Balaban J connectivity index is 3.10. The highest BCUT2D eigenvalue weighted by molar-refractivity contribution is 6.16. The second kappa shape index (κ2) is 3.53. The minimum Gasteiger partial charge on any atom is -0.309 e. The third-order valence-electron chi connectivity index (χ3n) is 1.43. The lowest BCUT2D eigenvalue weighted by Gasteiger charge is -1.95. The maximum absolute atomic E-state index is 11.1. The zero-order valence-electron chi connectivity index (χ0n) is 6.22. The summed E-state index contributed by atoms with van der Waals surface area (Å²) in [5, 5.41) is 0. The molecule has 1 N–H and O–H groups in total. The molecule has 0 bridgehead atoms. The van der Waals surface area contributed by atoms with Crippen molar-refractivity contribution >= 4 is 11.6 Å². The molecule has 0 atom stereocenters. The molecule has 0 saturated carbocycles. The first-order chi connectivity index (χ1) is 5.27. The Hall–Kier alpha value is -0.830. The second-order valence-electron chi connectivity index (χ2n) is 2.17. The average Bonchev–Trinajstić information content (AvgIpc) is 2.04. The Kier molecular flexibility index (Phi) is 2.65. The summed E-state index contributed by atoms with van der Waals surface area (Å²) in [7, 11) is 0. The molecule has 1 aromatic rings. The molecule has 0 amide bonds. The highest BCUT2D eigenvalue weighted by Crippen LogP contribution is 1.93.